The summed E-state index contributed by atoms with van der Waals surface area (Å²) in [7, 11) is 0. The lowest BCUT2D eigenvalue weighted by Crippen LogP contribution is -1.85. The van der Waals surface area contributed by atoms with Crippen LogP contribution in [0.2, 0.25) is 0 Å². The lowest BCUT2D eigenvalue weighted by atomic mass is 10.3. The van der Waals surface area contributed by atoms with E-state index in [0.29, 0.717) is 0 Å². The topological polar surface area (TPSA) is 48.8 Å². The van der Waals surface area contributed by atoms with Gasteiger partial charge < -0.3 is 0 Å². The van der Waals surface area contributed by atoms with Gasteiger partial charge in [0.15, 0.2) is 0 Å². The molecule has 0 aliphatic carbocycles. The Morgan fingerprint density at radius 2 is 1.92 bits per heavy atom. The Hall–Kier alpha value is -0.880. The molecule has 0 radical (unpaired) electrons. The van der Waals surface area contributed by atoms with Gasteiger partial charge in [-0.05, 0) is 40.3 Å². The van der Waals surface area contributed by atoms with Crippen LogP contribution in [-0.2, 0) is 0 Å². The van der Waals surface area contributed by atoms with E-state index in [1.165, 1.54) is 0 Å². The van der Waals surface area contributed by atoms with E-state index in [1.54, 1.807) is 22.6 Å². The highest BCUT2D eigenvalue weighted by molar-refractivity contribution is 14.1. The quantitative estimate of drug-likeness (QED) is 0.249. The third-order valence-electron chi connectivity index (χ3n) is 1.16. The second kappa shape index (κ2) is 3.68. The molecule has 0 N–H and O–H groups in total. The normalized spacial score (nSPS) is 9.25. The molecule has 0 atom stereocenters. The van der Waals surface area contributed by atoms with E-state index in [-0.39, 0.29) is 9.26 Å². The molecule has 1 aromatic carbocycles. The van der Waals surface area contributed by atoms with Crippen LogP contribution in [0, 0.1) is 15.2 Å². The summed E-state index contributed by atoms with van der Waals surface area (Å²) in [5, 5.41) is 3.02. The molecule has 0 amide bonds. The van der Waals surface area contributed by atoms with Gasteiger partial charge in [0.2, 0.25) is 0 Å². The third kappa shape index (κ3) is 1.64. The molecule has 6 heteroatoms. The largest absolute Gasteiger partial charge is 0.206 e. The molecule has 0 fully saturated rings. The summed E-state index contributed by atoms with van der Waals surface area (Å²) in [5.41, 5.74) is 7.73. The number of rotatable bonds is 1. The van der Waals surface area contributed by atoms with Crippen molar-refractivity contribution in [2.45, 2.75) is 0 Å². The highest BCUT2D eigenvalue weighted by Crippen LogP contribution is 2.27. The Morgan fingerprint density at radius 1 is 1.33 bits per heavy atom. The highest BCUT2D eigenvalue weighted by atomic mass is 127. The van der Waals surface area contributed by atoms with Crippen molar-refractivity contribution in [3.63, 3.8) is 0 Å². The predicted molar refractivity (Wildman–Crippen MR) is 47.9 cm³/mol. The standard InChI is InChI=1S/C6H2F2IN3/c7-3-1-2-4(8)6(5(3)9)11-12-10/h1-2H. The maximum Gasteiger partial charge on any atom is 0.137 e. The van der Waals surface area contributed by atoms with Gasteiger partial charge in [-0.15, -0.1) is 0 Å². The minimum absolute atomic E-state index is 0.00889. The first-order chi connectivity index (χ1) is 5.66. The number of azide groups is 1. The molecule has 0 aliphatic rings. The molecular weight excluding hydrogens is 279 g/mol. The SMILES string of the molecule is [N-]=[N+]=Nc1c(F)ccc(F)c1I. The zero-order chi connectivity index (χ0) is 9.14. The van der Waals surface area contributed by atoms with E-state index in [9.17, 15) is 8.78 Å². The van der Waals surface area contributed by atoms with Crippen LogP contribution in [-0.4, -0.2) is 0 Å². The predicted octanol–water partition coefficient (Wildman–Crippen LogP) is 3.51. The summed E-state index contributed by atoms with van der Waals surface area (Å²) in [6, 6.07) is 1.90. The van der Waals surface area contributed by atoms with Gasteiger partial charge >= 0.3 is 0 Å². The lowest BCUT2D eigenvalue weighted by molar-refractivity contribution is 0.595. The summed E-state index contributed by atoms with van der Waals surface area (Å²) < 4.78 is 25.5. The zero-order valence-electron chi connectivity index (χ0n) is 5.63. The van der Waals surface area contributed by atoms with Gasteiger partial charge in [-0.3, -0.25) is 0 Å². The maximum absolute atomic E-state index is 12.8. The molecule has 0 saturated carbocycles. The van der Waals surface area contributed by atoms with E-state index >= 15 is 0 Å². The van der Waals surface area contributed by atoms with Crippen LogP contribution in [0.1, 0.15) is 0 Å². The minimum atomic E-state index is -0.724. The van der Waals surface area contributed by atoms with Gasteiger partial charge in [0, 0.05) is 4.91 Å². The van der Waals surface area contributed by atoms with E-state index in [1.807, 2.05) is 0 Å². The first-order valence-corrected chi connectivity index (χ1v) is 3.93. The van der Waals surface area contributed by atoms with Crippen molar-refractivity contribution < 1.29 is 8.78 Å². The number of halogens is 3. The summed E-state index contributed by atoms with van der Waals surface area (Å²) in [6.45, 7) is 0. The van der Waals surface area contributed by atoms with Gasteiger partial charge in [0.05, 0.1) is 9.26 Å². The molecule has 0 aliphatic heterocycles. The summed E-state index contributed by atoms with van der Waals surface area (Å²) in [5.74, 6) is -1.32. The minimum Gasteiger partial charge on any atom is -0.206 e. The van der Waals surface area contributed by atoms with Crippen molar-refractivity contribution in [3.8, 4) is 0 Å². The molecule has 1 rings (SSSR count). The van der Waals surface area contributed by atoms with Gasteiger partial charge in [0.1, 0.15) is 11.6 Å². The van der Waals surface area contributed by atoms with Crippen LogP contribution in [0.4, 0.5) is 14.5 Å². The monoisotopic (exact) mass is 281 g/mol. The zero-order valence-corrected chi connectivity index (χ0v) is 7.79. The second-order valence-electron chi connectivity index (χ2n) is 1.88. The number of benzene rings is 1. The van der Waals surface area contributed by atoms with Crippen LogP contribution < -0.4 is 0 Å². The molecule has 12 heavy (non-hydrogen) atoms. The average Bonchev–Trinajstić information content (AvgIpc) is 2.06. The number of hydrogen-bond acceptors (Lipinski definition) is 1. The van der Waals surface area contributed by atoms with Crippen molar-refractivity contribution in [3.05, 3.63) is 37.8 Å². The molecule has 0 saturated heterocycles. The molecule has 0 unspecified atom stereocenters. The van der Waals surface area contributed by atoms with Crippen LogP contribution >= 0.6 is 22.6 Å². The summed E-state index contributed by atoms with van der Waals surface area (Å²) in [4.78, 5) is 2.38. The first-order valence-electron chi connectivity index (χ1n) is 2.85. The van der Waals surface area contributed by atoms with Crippen LogP contribution in [0.5, 0.6) is 0 Å². The molecular formula is C6H2F2IN3. The molecule has 0 bridgehead atoms. The van der Waals surface area contributed by atoms with Crippen molar-refractivity contribution in [2.75, 3.05) is 0 Å². The molecule has 1 aromatic rings. The smallest absolute Gasteiger partial charge is 0.137 e. The Balaban J connectivity index is 3.42. The third-order valence-corrected chi connectivity index (χ3v) is 2.19. The molecule has 0 heterocycles. The maximum atomic E-state index is 12.8. The van der Waals surface area contributed by atoms with Crippen LogP contribution in [0.15, 0.2) is 17.2 Å². The molecule has 3 nitrogen and oxygen atoms in total. The van der Waals surface area contributed by atoms with Crippen molar-refractivity contribution in [2.24, 2.45) is 5.11 Å². The van der Waals surface area contributed by atoms with E-state index in [4.69, 9.17) is 5.53 Å². The summed E-state index contributed by atoms with van der Waals surface area (Å²) in [6.07, 6.45) is 0. The Labute approximate surface area is 80.2 Å². The van der Waals surface area contributed by atoms with Gasteiger partial charge in [-0.25, -0.2) is 8.78 Å². The molecule has 62 valence electrons. The summed E-state index contributed by atoms with van der Waals surface area (Å²) >= 11 is 1.57. The fourth-order valence-corrected chi connectivity index (χ4v) is 1.20. The Bertz CT molecular complexity index is 360. The highest BCUT2D eigenvalue weighted by Gasteiger charge is 2.08. The molecule has 0 spiro atoms. The van der Waals surface area contributed by atoms with Crippen molar-refractivity contribution >= 4 is 28.3 Å². The Morgan fingerprint density at radius 3 is 2.50 bits per heavy atom. The van der Waals surface area contributed by atoms with Crippen LogP contribution in [0.25, 0.3) is 10.4 Å². The number of nitrogens with zero attached hydrogens (tertiary/aromatic N) is 3. The molecule has 0 aromatic heterocycles. The van der Waals surface area contributed by atoms with Crippen molar-refractivity contribution in [1.29, 1.82) is 0 Å². The second-order valence-corrected chi connectivity index (χ2v) is 2.96. The van der Waals surface area contributed by atoms with Crippen LogP contribution in [0.3, 0.4) is 0 Å². The van der Waals surface area contributed by atoms with E-state index in [0.717, 1.165) is 12.1 Å². The van der Waals surface area contributed by atoms with Gasteiger partial charge in [-0.1, -0.05) is 5.11 Å². The fraction of sp³-hybridized carbons (Fsp3) is 0. The lowest BCUT2D eigenvalue weighted by Gasteiger charge is -1.98. The van der Waals surface area contributed by atoms with E-state index < -0.39 is 11.6 Å². The van der Waals surface area contributed by atoms with Gasteiger partial charge in [0.25, 0.3) is 0 Å². The Kier molecular flexibility index (Phi) is 2.83. The van der Waals surface area contributed by atoms with Gasteiger partial charge in [-0.2, -0.15) is 0 Å². The first kappa shape index (κ1) is 9.21. The fourth-order valence-electron chi connectivity index (χ4n) is 0.653. The van der Waals surface area contributed by atoms with Crippen molar-refractivity contribution in [1.82, 2.24) is 0 Å². The number of hydrogen-bond donors (Lipinski definition) is 0. The van der Waals surface area contributed by atoms with E-state index in [2.05, 4.69) is 10.0 Å². The average molecular weight is 281 g/mol.